The van der Waals surface area contributed by atoms with Gasteiger partial charge in [0.2, 0.25) is 10.0 Å². The Kier molecular flexibility index (Phi) is 4.96. The van der Waals surface area contributed by atoms with Gasteiger partial charge in [0.15, 0.2) is 0 Å². The number of methoxy groups -OCH3 is 1. The minimum atomic E-state index is -4.47. The van der Waals surface area contributed by atoms with Crippen LogP contribution in [0, 0.1) is 0 Å². The summed E-state index contributed by atoms with van der Waals surface area (Å²) in [6.07, 6.45) is -4.47. The Balaban J connectivity index is 2.20. The summed E-state index contributed by atoms with van der Waals surface area (Å²) < 4.78 is 69.7. The maximum absolute atomic E-state index is 12.7. The standard InChI is InChI=1S/C15H14F3NO3S/c1-22-13-7-2-3-8-14(13)23(20,21)19-10-11-5-4-6-12(9-11)15(16,17)18/h2-9,19H,10H2,1H3. The highest BCUT2D eigenvalue weighted by molar-refractivity contribution is 7.89. The van der Waals surface area contributed by atoms with Crippen molar-refractivity contribution < 1.29 is 26.3 Å². The van der Waals surface area contributed by atoms with Crippen molar-refractivity contribution in [2.75, 3.05) is 7.11 Å². The van der Waals surface area contributed by atoms with Crippen LogP contribution in [0.5, 0.6) is 5.75 Å². The quantitative estimate of drug-likeness (QED) is 0.905. The van der Waals surface area contributed by atoms with Crippen LogP contribution in [0.1, 0.15) is 11.1 Å². The average molecular weight is 345 g/mol. The van der Waals surface area contributed by atoms with Crippen molar-refractivity contribution >= 4 is 10.0 Å². The van der Waals surface area contributed by atoms with Crippen LogP contribution in [-0.2, 0) is 22.7 Å². The fraction of sp³-hybridized carbons (Fsp3) is 0.200. The van der Waals surface area contributed by atoms with E-state index in [1.165, 1.54) is 37.4 Å². The molecule has 0 atom stereocenters. The maximum Gasteiger partial charge on any atom is 0.416 e. The highest BCUT2D eigenvalue weighted by atomic mass is 32.2. The van der Waals surface area contributed by atoms with Crippen molar-refractivity contribution in [2.45, 2.75) is 17.6 Å². The van der Waals surface area contributed by atoms with Crippen molar-refractivity contribution in [1.29, 1.82) is 0 Å². The number of alkyl halides is 3. The minimum absolute atomic E-state index is 0.0746. The number of nitrogens with one attached hydrogen (secondary N) is 1. The number of sulfonamides is 1. The molecule has 1 N–H and O–H groups in total. The Bertz CT molecular complexity index is 789. The van der Waals surface area contributed by atoms with Crippen LogP contribution in [-0.4, -0.2) is 15.5 Å². The lowest BCUT2D eigenvalue weighted by Crippen LogP contribution is -2.24. The second kappa shape index (κ2) is 6.59. The van der Waals surface area contributed by atoms with Crippen molar-refractivity contribution in [3.63, 3.8) is 0 Å². The van der Waals surface area contributed by atoms with Crippen LogP contribution in [0.4, 0.5) is 13.2 Å². The van der Waals surface area contributed by atoms with Gasteiger partial charge in [-0.05, 0) is 23.8 Å². The van der Waals surface area contributed by atoms with Crippen LogP contribution in [0.25, 0.3) is 0 Å². The van der Waals surface area contributed by atoms with E-state index in [1.54, 1.807) is 6.07 Å². The number of hydrogen-bond acceptors (Lipinski definition) is 3. The van der Waals surface area contributed by atoms with E-state index < -0.39 is 21.8 Å². The van der Waals surface area contributed by atoms with Gasteiger partial charge in [-0.1, -0.05) is 30.3 Å². The first-order chi connectivity index (χ1) is 10.7. The number of para-hydroxylation sites is 1. The molecule has 0 amide bonds. The van der Waals surface area contributed by atoms with E-state index in [0.717, 1.165) is 12.1 Å². The molecule has 0 unspecified atom stereocenters. The summed E-state index contributed by atoms with van der Waals surface area (Å²) in [5, 5.41) is 0. The third-order valence-corrected chi connectivity index (χ3v) is 4.52. The Hall–Kier alpha value is -2.06. The molecule has 0 fully saturated rings. The minimum Gasteiger partial charge on any atom is -0.495 e. The Morgan fingerprint density at radius 2 is 1.78 bits per heavy atom. The van der Waals surface area contributed by atoms with Crippen LogP contribution in [0.15, 0.2) is 53.4 Å². The third kappa shape index (κ3) is 4.23. The zero-order valence-corrected chi connectivity index (χ0v) is 12.9. The molecule has 124 valence electrons. The molecule has 0 aliphatic heterocycles. The monoisotopic (exact) mass is 345 g/mol. The summed E-state index contributed by atoms with van der Waals surface area (Å²) in [6, 6.07) is 10.5. The van der Waals surface area contributed by atoms with Crippen molar-refractivity contribution in [1.82, 2.24) is 4.72 Å². The molecular weight excluding hydrogens is 331 g/mol. The molecule has 0 aliphatic carbocycles. The molecule has 2 aromatic carbocycles. The van der Waals surface area contributed by atoms with Crippen molar-refractivity contribution in [2.24, 2.45) is 0 Å². The number of rotatable bonds is 5. The lowest BCUT2D eigenvalue weighted by molar-refractivity contribution is -0.137. The molecule has 2 rings (SSSR count). The average Bonchev–Trinajstić information content (AvgIpc) is 2.52. The zero-order chi connectivity index (χ0) is 17.1. The summed E-state index contributed by atoms with van der Waals surface area (Å²) in [4.78, 5) is -0.0746. The third-order valence-electron chi connectivity index (χ3n) is 3.08. The molecule has 0 radical (unpaired) electrons. The zero-order valence-electron chi connectivity index (χ0n) is 12.1. The fourth-order valence-electron chi connectivity index (χ4n) is 1.95. The second-order valence-electron chi connectivity index (χ2n) is 4.67. The summed E-state index contributed by atoms with van der Waals surface area (Å²) in [6.45, 7) is -0.260. The lowest BCUT2D eigenvalue weighted by atomic mass is 10.1. The van der Waals surface area contributed by atoms with Crippen LogP contribution in [0.3, 0.4) is 0 Å². The Labute approximate surface area is 132 Å². The summed E-state index contributed by atoms with van der Waals surface area (Å²) in [5.74, 6) is 0.157. The highest BCUT2D eigenvalue weighted by Gasteiger charge is 2.30. The number of halogens is 3. The van der Waals surface area contributed by atoms with Gasteiger partial charge in [-0.15, -0.1) is 0 Å². The molecule has 8 heteroatoms. The summed E-state index contributed by atoms with van der Waals surface area (Å²) in [5.41, 5.74) is -0.621. The molecule has 0 heterocycles. The van der Waals surface area contributed by atoms with E-state index in [9.17, 15) is 21.6 Å². The van der Waals surface area contributed by atoms with Gasteiger partial charge in [0.1, 0.15) is 10.6 Å². The molecular formula is C15H14F3NO3S. The van der Waals surface area contributed by atoms with Crippen LogP contribution in [0.2, 0.25) is 0 Å². The predicted octanol–water partition coefficient (Wildman–Crippen LogP) is 3.19. The molecule has 0 spiro atoms. The molecule has 0 bridgehead atoms. The summed E-state index contributed by atoms with van der Waals surface area (Å²) in [7, 11) is -2.57. The van der Waals surface area contributed by atoms with Gasteiger partial charge >= 0.3 is 6.18 Å². The smallest absolute Gasteiger partial charge is 0.416 e. The normalized spacial score (nSPS) is 12.2. The predicted molar refractivity (Wildman–Crippen MR) is 78.5 cm³/mol. The van der Waals surface area contributed by atoms with E-state index in [0.29, 0.717) is 0 Å². The first kappa shape index (κ1) is 17.3. The molecule has 0 aliphatic rings. The Morgan fingerprint density at radius 1 is 1.09 bits per heavy atom. The topological polar surface area (TPSA) is 55.4 Å². The van der Waals surface area contributed by atoms with Gasteiger partial charge in [0.05, 0.1) is 12.7 Å². The van der Waals surface area contributed by atoms with Crippen molar-refractivity contribution in [3.8, 4) is 5.75 Å². The van der Waals surface area contributed by atoms with E-state index in [4.69, 9.17) is 4.74 Å². The van der Waals surface area contributed by atoms with Gasteiger partial charge in [-0.3, -0.25) is 0 Å². The van der Waals surface area contributed by atoms with Crippen molar-refractivity contribution in [3.05, 3.63) is 59.7 Å². The van der Waals surface area contributed by atoms with Gasteiger partial charge in [0.25, 0.3) is 0 Å². The molecule has 0 saturated heterocycles. The van der Waals surface area contributed by atoms with E-state index >= 15 is 0 Å². The SMILES string of the molecule is COc1ccccc1S(=O)(=O)NCc1cccc(C(F)(F)F)c1. The Morgan fingerprint density at radius 3 is 2.43 bits per heavy atom. The lowest BCUT2D eigenvalue weighted by Gasteiger charge is -2.12. The van der Waals surface area contributed by atoms with Gasteiger partial charge in [0, 0.05) is 6.54 Å². The molecule has 4 nitrogen and oxygen atoms in total. The van der Waals surface area contributed by atoms with E-state index in [-0.39, 0.29) is 22.8 Å². The van der Waals surface area contributed by atoms with E-state index in [1.807, 2.05) is 0 Å². The second-order valence-corrected chi connectivity index (χ2v) is 6.41. The molecule has 23 heavy (non-hydrogen) atoms. The van der Waals surface area contributed by atoms with Gasteiger partial charge < -0.3 is 4.74 Å². The first-order valence-corrected chi connectivity index (χ1v) is 8.01. The van der Waals surface area contributed by atoms with Crippen LogP contribution >= 0.6 is 0 Å². The molecule has 0 aromatic heterocycles. The number of ether oxygens (including phenoxy) is 1. The first-order valence-electron chi connectivity index (χ1n) is 6.53. The highest BCUT2D eigenvalue weighted by Crippen LogP contribution is 2.29. The molecule has 0 saturated carbocycles. The number of hydrogen-bond donors (Lipinski definition) is 1. The molecule has 2 aromatic rings. The summed E-state index contributed by atoms with van der Waals surface area (Å²) >= 11 is 0. The van der Waals surface area contributed by atoms with Gasteiger partial charge in [-0.25, -0.2) is 13.1 Å². The van der Waals surface area contributed by atoms with E-state index in [2.05, 4.69) is 4.72 Å². The van der Waals surface area contributed by atoms with Crippen LogP contribution < -0.4 is 9.46 Å². The van der Waals surface area contributed by atoms with Gasteiger partial charge in [-0.2, -0.15) is 13.2 Å². The fourth-order valence-corrected chi connectivity index (χ4v) is 3.14. The largest absolute Gasteiger partial charge is 0.495 e. The maximum atomic E-state index is 12.7. The number of benzene rings is 2.